The monoisotopic (exact) mass is 225 g/mol. The summed E-state index contributed by atoms with van der Waals surface area (Å²) in [6.45, 7) is 2.05. The number of carbonyl (C=O) groups is 1. The van der Waals surface area contributed by atoms with Crippen LogP contribution in [-0.4, -0.2) is 17.6 Å². The van der Waals surface area contributed by atoms with Crippen LogP contribution in [-0.2, 0) is 0 Å². The molecule has 0 saturated heterocycles. The van der Waals surface area contributed by atoms with Crippen LogP contribution in [0, 0.1) is 18.8 Å². The van der Waals surface area contributed by atoms with Gasteiger partial charge >= 0.3 is 5.97 Å². The molecule has 0 bridgehead atoms. The van der Waals surface area contributed by atoms with Crippen LogP contribution in [0.25, 0.3) is 0 Å². The molecule has 0 aliphatic heterocycles. The molecule has 3 N–H and O–H groups in total. The van der Waals surface area contributed by atoms with Crippen LogP contribution >= 0.6 is 12.4 Å². The van der Waals surface area contributed by atoms with Crippen molar-refractivity contribution in [2.45, 2.75) is 6.92 Å². The molecule has 0 atom stereocenters. The van der Waals surface area contributed by atoms with Crippen LogP contribution in [0.5, 0.6) is 0 Å². The van der Waals surface area contributed by atoms with Gasteiger partial charge in [0, 0.05) is 5.56 Å². The van der Waals surface area contributed by atoms with Crippen molar-refractivity contribution in [1.29, 1.82) is 0 Å². The number of aromatic carboxylic acids is 1. The minimum atomic E-state index is -0.916. The van der Waals surface area contributed by atoms with Crippen LogP contribution in [0.2, 0.25) is 0 Å². The van der Waals surface area contributed by atoms with Gasteiger partial charge in [0.15, 0.2) is 0 Å². The Kier molecular flexibility index (Phi) is 5.46. The van der Waals surface area contributed by atoms with Crippen molar-refractivity contribution in [2.24, 2.45) is 5.73 Å². The summed E-state index contributed by atoms with van der Waals surface area (Å²) in [6.07, 6.45) is 0. The van der Waals surface area contributed by atoms with E-state index in [2.05, 4.69) is 11.8 Å². The Labute approximate surface area is 94.7 Å². The average Bonchev–Trinajstić information content (AvgIpc) is 2.14. The molecule has 0 aliphatic carbocycles. The molecule has 1 aromatic rings. The quantitative estimate of drug-likeness (QED) is 0.711. The zero-order valence-electron chi connectivity index (χ0n) is 8.28. The van der Waals surface area contributed by atoms with Crippen molar-refractivity contribution in [3.8, 4) is 11.8 Å². The van der Waals surface area contributed by atoms with Crippen LogP contribution in [0.15, 0.2) is 18.2 Å². The summed E-state index contributed by atoms with van der Waals surface area (Å²) < 4.78 is 0. The maximum atomic E-state index is 10.7. The highest BCUT2D eigenvalue weighted by atomic mass is 35.5. The SMILES string of the molecule is Cc1cc(C#CCN)ccc1C(=O)O.Cl. The fourth-order valence-corrected chi connectivity index (χ4v) is 1.13. The fourth-order valence-electron chi connectivity index (χ4n) is 1.13. The number of hydrogen-bond donors (Lipinski definition) is 2. The van der Waals surface area contributed by atoms with E-state index in [9.17, 15) is 4.79 Å². The molecule has 80 valence electrons. The summed E-state index contributed by atoms with van der Waals surface area (Å²) in [5.41, 5.74) is 7.03. The van der Waals surface area contributed by atoms with E-state index in [0.717, 1.165) is 5.56 Å². The number of benzene rings is 1. The van der Waals surface area contributed by atoms with Crippen LogP contribution in [0.1, 0.15) is 21.5 Å². The minimum Gasteiger partial charge on any atom is -0.478 e. The predicted molar refractivity (Wildman–Crippen MR) is 61.3 cm³/mol. The number of hydrogen-bond acceptors (Lipinski definition) is 2. The molecule has 0 spiro atoms. The number of rotatable bonds is 1. The second-order valence-corrected chi connectivity index (χ2v) is 2.84. The van der Waals surface area contributed by atoms with E-state index in [0.29, 0.717) is 17.7 Å². The normalized spacial score (nSPS) is 8.40. The second kappa shape index (κ2) is 6.07. The molecule has 0 fully saturated rings. The van der Waals surface area contributed by atoms with E-state index >= 15 is 0 Å². The van der Waals surface area contributed by atoms with Gasteiger partial charge in [-0.05, 0) is 30.7 Å². The standard InChI is InChI=1S/C11H11NO2.ClH/c1-8-7-9(3-2-6-12)4-5-10(8)11(13)14;/h4-5,7H,6,12H2,1H3,(H,13,14);1H. The minimum absolute atomic E-state index is 0. The van der Waals surface area contributed by atoms with Gasteiger partial charge in [0.05, 0.1) is 12.1 Å². The molecule has 3 nitrogen and oxygen atoms in total. The first-order valence-corrected chi connectivity index (χ1v) is 4.18. The van der Waals surface area contributed by atoms with Crippen molar-refractivity contribution < 1.29 is 9.90 Å². The molecule has 1 rings (SSSR count). The number of aryl methyl sites for hydroxylation is 1. The largest absolute Gasteiger partial charge is 0.478 e. The summed E-state index contributed by atoms with van der Waals surface area (Å²) in [4.78, 5) is 10.7. The van der Waals surface area contributed by atoms with Crippen LogP contribution in [0.3, 0.4) is 0 Å². The van der Waals surface area contributed by atoms with Gasteiger partial charge < -0.3 is 10.8 Å². The third-order valence-electron chi connectivity index (χ3n) is 1.79. The molecule has 0 heterocycles. The molecule has 0 aliphatic rings. The molecular weight excluding hydrogens is 214 g/mol. The molecule has 1 aromatic carbocycles. The lowest BCUT2D eigenvalue weighted by Crippen LogP contribution is -1.99. The lowest BCUT2D eigenvalue weighted by Gasteiger charge is -2.00. The smallest absolute Gasteiger partial charge is 0.335 e. The lowest BCUT2D eigenvalue weighted by molar-refractivity contribution is 0.0696. The first-order valence-electron chi connectivity index (χ1n) is 4.18. The Morgan fingerprint density at radius 3 is 2.67 bits per heavy atom. The molecular formula is C11H12ClNO2. The van der Waals surface area contributed by atoms with Crippen molar-refractivity contribution in [1.82, 2.24) is 0 Å². The summed E-state index contributed by atoms with van der Waals surface area (Å²) in [5, 5.41) is 8.78. The molecule has 0 unspecified atom stereocenters. The van der Waals surface area contributed by atoms with Crippen molar-refractivity contribution >= 4 is 18.4 Å². The molecule has 4 heteroatoms. The van der Waals surface area contributed by atoms with Crippen LogP contribution in [0.4, 0.5) is 0 Å². The Morgan fingerprint density at radius 2 is 2.20 bits per heavy atom. The first-order chi connectivity index (χ1) is 6.65. The van der Waals surface area contributed by atoms with Gasteiger partial charge in [-0.15, -0.1) is 12.4 Å². The summed E-state index contributed by atoms with van der Waals surface area (Å²) in [6, 6.07) is 4.98. The van der Waals surface area contributed by atoms with E-state index < -0.39 is 5.97 Å². The zero-order chi connectivity index (χ0) is 10.6. The van der Waals surface area contributed by atoms with Gasteiger partial charge in [0.25, 0.3) is 0 Å². The Morgan fingerprint density at radius 1 is 1.53 bits per heavy atom. The van der Waals surface area contributed by atoms with Crippen molar-refractivity contribution in [2.75, 3.05) is 6.54 Å². The van der Waals surface area contributed by atoms with Gasteiger partial charge in [-0.1, -0.05) is 11.8 Å². The number of carboxylic acid groups (broad SMARTS) is 1. The van der Waals surface area contributed by atoms with Crippen molar-refractivity contribution in [3.63, 3.8) is 0 Å². The third kappa shape index (κ3) is 3.62. The zero-order valence-corrected chi connectivity index (χ0v) is 9.10. The van der Waals surface area contributed by atoms with Gasteiger partial charge in [0.1, 0.15) is 0 Å². The van der Waals surface area contributed by atoms with E-state index in [1.54, 1.807) is 25.1 Å². The van der Waals surface area contributed by atoms with Crippen LogP contribution < -0.4 is 5.73 Å². The molecule has 15 heavy (non-hydrogen) atoms. The molecule has 0 radical (unpaired) electrons. The van der Waals surface area contributed by atoms with Gasteiger partial charge in [-0.25, -0.2) is 4.79 Å². The number of halogens is 1. The molecule has 0 aromatic heterocycles. The number of nitrogens with two attached hydrogens (primary N) is 1. The third-order valence-corrected chi connectivity index (χ3v) is 1.79. The first kappa shape index (κ1) is 13.5. The maximum Gasteiger partial charge on any atom is 0.335 e. The summed E-state index contributed by atoms with van der Waals surface area (Å²) in [5.74, 6) is 4.64. The molecule has 0 amide bonds. The lowest BCUT2D eigenvalue weighted by atomic mass is 10.1. The fraction of sp³-hybridized carbons (Fsp3) is 0.182. The number of carboxylic acids is 1. The summed E-state index contributed by atoms with van der Waals surface area (Å²) in [7, 11) is 0. The van der Waals surface area contributed by atoms with Gasteiger partial charge in [-0.3, -0.25) is 0 Å². The predicted octanol–water partition coefficient (Wildman–Crippen LogP) is 1.43. The maximum absolute atomic E-state index is 10.7. The molecule has 0 saturated carbocycles. The van der Waals surface area contributed by atoms with Crippen molar-refractivity contribution in [3.05, 3.63) is 34.9 Å². The topological polar surface area (TPSA) is 63.3 Å². The van der Waals surface area contributed by atoms with E-state index in [4.69, 9.17) is 10.8 Å². The van der Waals surface area contributed by atoms with Gasteiger partial charge in [0.2, 0.25) is 0 Å². The Hall–Kier alpha value is -1.50. The average molecular weight is 226 g/mol. The summed E-state index contributed by atoms with van der Waals surface area (Å²) >= 11 is 0. The Balaban J connectivity index is 0.00000196. The highest BCUT2D eigenvalue weighted by molar-refractivity contribution is 5.89. The van der Waals surface area contributed by atoms with Gasteiger partial charge in [-0.2, -0.15) is 0 Å². The van der Waals surface area contributed by atoms with E-state index in [1.165, 1.54) is 0 Å². The van der Waals surface area contributed by atoms with E-state index in [-0.39, 0.29) is 12.4 Å². The highest BCUT2D eigenvalue weighted by Crippen LogP contribution is 2.10. The highest BCUT2D eigenvalue weighted by Gasteiger charge is 2.05. The Bertz CT molecular complexity index is 418. The second-order valence-electron chi connectivity index (χ2n) is 2.84. The van der Waals surface area contributed by atoms with E-state index in [1.807, 2.05) is 0 Å².